The van der Waals surface area contributed by atoms with E-state index in [1.165, 1.54) is 13.2 Å². The van der Waals surface area contributed by atoms with Crippen molar-refractivity contribution in [3.63, 3.8) is 0 Å². The fraction of sp³-hybridized carbons (Fsp3) is 0.375. The largest absolute Gasteiger partial charge is 0.495 e. The first kappa shape index (κ1) is 29.3. The van der Waals surface area contributed by atoms with Crippen LogP contribution in [0, 0.1) is 22.6 Å². The number of ether oxygens (including phenoxy) is 1. The van der Waals surface area contributed by atoms with Crippen molar-refractivity contribution in [1.82, 2.24) is 5.32 Å². The summed E-state index contributed by atoms with van der Waals surface area (Å²) in [6.45, 7) is 7.78. The number of aliphatic hydroxyl groups excluding tert-OH is 1. The van der Waals surface area contributed by atoms with Crippen molar-refractivity contribution in [3.05, 3.63) is 81.1 Å². The minimum absolute atomic E-state index is 0.194. The molecule has 214 valence electrons. The number of hydrogen-bond acceptors (Lipinski definition) is 5. The Balaban J connectivity index is 1.71. The topological polar surface area (TPSA) is 94.4 Å². The molecule has 1 saturated heterocycles. The van der Waals surface area contributed by atoms with E-state index in [1.807, 2.05) is 26.8 Å². The van der Waals surface area contributed by atoms with E-state index in [2.05, 4.69) is 16.7 Å². The Morgan fingerprint density at radius 1 is 1.24 bits per heavy atom. The van der Waals surface area contributed by atoms with Crippen molar-refractivity contribution in [3.8, 4) is 22.9 Å². The van der Waals surface area contributed by atoms with E-state index in [1.54, 1.807) is 43.3 Å². The Morgan fingerprint density at radius 2 is 1.98 bits per heavy atom. The number of fused-ring (bicyclic) bond motifs is 6. The van der Waals surface area contributed by atoms with Crippen LogP contribution >= 0.6 is 23.2 Å². The van der Waals surface area contributed by atoms with Gasteiger partial charge in [-0.15, -0.1) is 0 Å². The number of carbonyl (C=O) groups is 1. The Hall–Kier alpha value is -3.15. The summed E-state index contributed by atoms with van der Waals surface area (Å²) in [6.07, 6.45) is -0.225. The van der Waals surface area contributed by atoms with Crippen LogP contribution in [-0.4, -0.2) is 30.2 Å². The Labute approximate surface area is 249 Å². The molecule has 5 rings (SSSR count). The number of carbonyl (C=O) groups excluding carboxylic acids is 1. The van der Waals surface area contributed by atoms with Crippen LogP contribution in [0.25, 0.3) is 11.1 Å². The smallest absolute Gasteiger partial charge is 0.242 e. The zero-order chi connectivity index (χ0) is 29.9. The molecular weight excluding hydrogens is 564 g/mol. The number of hydrogen-bond donors (Lipinski definition) is 3. The molecule has 1 amide bonds. The lowest BCUT2D eigenvalue weighted by Gasteiger charge is -2.42. The second-order valence-electron chi connectivity index (χ2n) is 12.1. The van der Waals surface area contributed by atoms with Gasteiger partial charge >= 0.3 is 0 Å². The van der Waals surface area contributed by atoms with Gasteiger partial charge in [0.05, 0.1) is 31.0 Å². The standard InChI is InChI=1S/C32H32Cl2FN3O3/c1-16(39)17-9-10-23(24(11-17)41-5)37-30(40)29-28-19-7-6-8-21(34)26(19)20-12-18(33)13-22(35)27(20)32(28,15-36)25(38-29)14-31(2,3)4/h6-13,16,25,28-29,38-39H,14H2,1-5H3,(H,37,40)/t16?,25-,28-,29+,32+/m0/s1. The molecule has 6 nitrogen and oxygen atoms in total. The van der Waals surface area contributed by atoms with Crippen LogP contribution in [0.2, 0.25) is 10.0 Å². The summed E-state index contributed by atoms with van der Waals surface area (Å²) in [7, 11) is 1.48. The molecule has 3 aromatic carbocycles. The molecule has 0 spiro atoms. The summed E-state index contributed by atoms with van der Waals surface area (Å²) in [5.41, 5.74) is 1.26. The SMILES string of the molecule is COc1cc(C(C)O)ccc1NC(=O)[C@@H]1N[C@@H](CC(C)(C)C)[C@]2(C#N)c3c(F)cc(Cl)cc3-c3c(Cl)cccc3[C@@H]12. The molecule has 0 saturated carbocycles. The maximum absolute atomic E-state index is 16.1. The summed E-state index contributed by atoms with van der Waals surface area (Å²) in [5.74, 6) is -1.40. The highest BCUT2D eigenvalue weighted by Crippen LogP contribution is 2.60. The predicted octanol–water partition coefficient (Wildman–Crippen LogP) is 7.14. The lowest BCUT2D eigenvalue weighted by atomic mass is 9.57. The second-order valence-corrected chi connectivity index (χ2v) is 12.9. The normalized spacial score (nSPS) is 23.6. The molecule has 0 bridgehead atoms. The van der Waals surface area contributed by atoms with Gasteiger partial charge in [0.15, 0.2) is 0 Å². The number of nitrogens with zero attached hydrogens (tertiary/aromatic N) is 1. The van der Waals surface area contributed by atoms with Crippen molar-refractivity contribution >= 4 is 34.8 Å². The first-order valence-electron chi connectivity index (χ1n) is 13.4. The number of benzene rings is 3. The number of rotatable bonds is 5. The van der Waals surface area contributed by atoms with E-state index >= 15 is 4.39 Å². The number of nitrogens with one attached hydrogen (secondary N) is 2. The summed E-state index contributed by atoms with van der Waals surface area (Å²) in [6, 6.07) is 14.2. The van der Waals surface area contributed by atoms with Gasteiger partial charge in [-0.25, -0.2) is 4.39 Å². The third kappa shape index (κ3) is 4.87. The first-order chi connectivity index (χ1) is 19.3. The van der Waals surface area contributed by atoms with Crippen molar-refractivity contribution in [1.29, 1.82) is 5.26 Å². The number of anilines is 1. The minimum atomic E-state index is -1.43. The molecule has 3 N–H and O–H groups in total. The molecule has 2 aliphatic rings. The fourth-order valence-corrected chi connectivity index (χ4v) is 6.99. The molecule has 0 radical (unpaired) electrons. The van der Waals surface area contributed by atoms with Gasteiger partial charge in [-0.1, -0.05) is 62.2 Å². The Kier molecular flexibility index (Phi) is 7.59. The molecule has 41 heavy (non-hydrogen) atoms. The van der Waals surface area contributed by atoms with Crippen LogP contribution < -0.4 is 15.4 Å². The number of amides is 1. The third-order valence-corrected chi connectivity index (χ3v) is 8.66. The van der Waals surface area contributed by atoms with Crippen molar-refractivity contribution in [2.45, 2.75) is 63.6 Å². The van der Waals surface area contributed by atoms with Gasteiger partial charge in [-0.05, 0) is 65.8 Å². The fourth-order valence-electron chi connectivity index (χ4n) is 6.50. The summed E-state index contributed by atoms with van der Waals surface area (Å²) in [5, 5.41) is 28.0. The van der Waals surface area contributed by atoms with Gasteiger partial charge in [-0.2, -0.15) is 5.26 Å². The van der Waals surface area contributed by atoms with Crippen LogP contribution in [-0.2, 0) is 10.2 Å². The maximum Gasteiger partial charge on any atom is 0.242 e. The maximum atomic E-state index is 16.1. The van der Waals surface area contributed by atoms with Gasteiger partial charge in [-0.3, -0.25) is 4.79 Å². The van der Waals surface area contributed by atoms with E-state index in [0.717, 1.165) is 0 Å². The van der Waals surface area contributed by atoms with E-state index in [9.17, 15) is 15.2 Å². The third-order valence-electron chi connectivity index (χ3n) is 8.12. The zero-order valence-electron chi connectivity index (χ0n) is 23.5. The molecule has 1 aliphatic heterocycles. The number of nitriles is 1. The van der Waals surface area contributed by atoms with Crippen LogP contribution in [0.3, 0.4) is 0 Å². The zero-order valence-corrected chi connectivity index (χ0v) is 25.0. The van der Waals surface area contributed by atoms with Crippen LogP contribution in [0.5, 0.6) is 5.75 Å². The summed E-state index contributed by atoms with van der Waals surface area (Å²) < 4.78 is 21.6. The Bertz CT molecular complexity index is 1580. The van der Waals surface area contributed by atoms with Gasteiger partial charge in [0.1, 0.15) is 17.0 Å². The predicted molar refractivity (Wildman–Crippen MR) is 159 cm³/mol. The average Bonchev–Trinajstić information content (AvgIpc) is 3.22. The molecule has 1 unspecified atom stereocenters. The molecule has 5 atom stereocenters. The van der Waals surface area contributed by atoms with Gasteiger partial charge in [0, 0.05) is 33.1 Å². The first-order valence-corrected chi connectivity index (χ1v) is 14.2. The minimum Gasteiger partial charge on any atom is -0.495 e. The molecule has 3 aromatic rings. The van der Waals surface area contributed by atoms with Gasteiger partial charge in [0.25, 0.3) is 0 Å². The number of halogens is 3. The highest BCUT2D eigenvalue weighted by atomic mass is 35.5. The number of methoxy groups -OCH3 is 1. The molecule has 9 heteroatoms. The molecular formula is C32H32Cl2FN3O3. The summed E-state index contributed by atoms with van der Waals surface area (Å²) in [4.78, 5) is 14.1. The highest BCUT2D eigenvalue weighted by Gasteiger charge is 2.63. The average molecular weight is 597 g/mol. The van der Waals surface area contributed by atoms with E-state index in [4.69, 9.17) is 27.9 Å². The van der Waals surface area contributed by atoms with Crippen molar-refractivity contribution < 1.29 is 19.0 Å². The quantitative estimate of drug-likeness (QED) is 0.291. The molecule has 1 heterocycles. The summed E-state index contributed by atoms with van der Waals surface area (Å²) >= 11 is 13.1. The lowest BCUT2D eigenvalue weighted by Crippen LogP contribution is -2.46. The second kappa shape index (κ2) is 10.6. The number of aliphatic hydroxyl groups is 1. The van der Waals surface area contributed by atoms with Crippen LogP contribution in [0.15, 0.2) is 48.5 Å². The van der Waals surface area contributed by atoms with E-state index in [0.29, 0.717) is 45.1 Å². The molecule has 1 aliphatic carbocycles. The lowest BCUT2D eigenvalue weighted by molar-refractivity contribution is -0.118. The van der Waals surface area contributed by atoms with Gasteiger partial charge in [0.2, 0.25) is 5.91 Å². The molecule has 0 aromatic heterocycles. The van der Waals surface area contributed by atoms with E-state index in [-0.39, 0.29) is 16.0 Å². The van der Waals surface area contributed by atoms with Crippen LogP contribution in [0.4, 0.5) is 10.1 Å². The Morgan fingerprint density at radius 3 is 2.61 bits per heavy atom. The van der Waals surface area contributed by atoms with Crippen LogP contribution in [0.1, 0.15) is 62.8 Å². The van der Waals surface area contributed by atoms with Gasteiger partial charge < -0.3 is 20.5 Å². The van der Waals surface area contributed by atoms with E-state index < -0.39 is 41.2 Å². The van der Waals surface area contributed by atoms with Crippen molar-refractivity contribution in [2.24, 2.45) is 5.41 Å². The van der Waals surface area contributed by atoms with Crippen molar-refractivity contribution in [2.75, 3.05) is 12.4 Å². The highest BCUT2D eigenvalue weighted by molar-refractivity contribution is 6.34. The monoisotopic (exact) mass is 595 g/mol. The molecule has 1 fully saturated rings.